The van der Waals surface area contributed by atoms with Gasteiger partial charge in [0.15, 0.2) is 0 Å². The summed E-state index contributed by atoms with van der Waals surface area (Å²) in [5, 5.41) is 12.4. The summed E-state index contributed by atoms with van der Waals surface area (Å²) in [6.45, 7) is 0. The summed E-state index contributed by atoms with van der Waals surface area (Å²) in [5.74, 6) is 1.26. The van der Waals surface area contributed by atoms with Crippen LogP contribution in [0, 0.1) is 11.3 Å². The third kappa shape index (κ3) is 2.28. The maximum Gasteiger partial charge on any atom is 0.106 e. The summed E-state index contributed by atoms with van der Waals surface area (Å²) in [7, 11) is 0. The first-order valence-electron chi connectivity index (χ1n) is 4.83. The van der Waals surface area contributed by atoms with Gasteiger partial charge >= 0.3 is 0 Å². The summed E-state index contributed by atoms with van der Waals surface area (Å²) >= 11 is 3.73. The van der Waals surface area contributed by atoms with Gasteiger partial charge in [-0.15, -0.1) is 11.3 Å². The molecule has 0 aliphatic carbocycles. The summed E-state index contributed by atoms with van der Waals surface area (Å²) in [4.78, 5) is 4.50. The molecule has 2 nitrogen and oxygen atoms in total. The third-order valence-electron chi connectivity index (χ3n) is 2.28. The molecule has 1 saturated heterocycles. The lowest BCUT2D eigenvalue weighted by Gasteiger charge is -2.18. The second-order valence-electron chi connectivity index (χ2n) is 3.37. The van der Waals surface area contributed by atoms with Crippen LogP contribution in [0.3, 0.4) is 0 Å². The molecule has 2 rings (SSSR count). The van der Waals surface area contributed by atoms with Crippen molar-refractivity contribution in [2.24, 2.45) is 0 Å². The van der Waals surface area contributed by atoms with Crippen molar-refractivity contribution in [1.29, 1.82) is 5.26 Å². The van der Waals surface area contributed by atoms with E-state index in [1.165, 1.54) is 30.0 Å². The molecule has 0 aromatic carbocycles. The van der Waals surface area contributed by atoms with E-state index in [1.807, 2.05) is 17.1 Å². The van der Waals surface area contributed by atoms with Gasteiger partial charge in [0.05, 0.1) is 23.4 Å². The highest BCUT2D eigenvalue weighted by molar-refractivity contribution is 7.99. The van der Waals surface area contributed by atoms with E-state index in [9.17, 15) is 0 Å². The third-order valence-corrected chi connectivity index (χ3v) is 4.83. The van der Waals surface area contributed by atoms with E-state index in [1.54, 1.807) is 11.3 Å². The van der Waals surface area contributed by atoms with E-state index in [-0.39, 0.29) is 0 Å². The number of thioether (sulfide) groups is 1. The van der Waals surface area contributed by atoms with Crippen LogP contribution in [-0.2, 0) is 6.42 Å². The fourth-order valence-electron chi connectivity index (χ4n) is 1.57. The Kier molecular flexibility index (Phi) is 3.44. The minimum Gasteiger partial charge on any atom is -0.244 e. The molecule has 1 aliphatic heterocycles. The molecule has 0 amide bonds. The fraction of sp³-hybridized carbons (Fsp3) is 0.600. The van der Waals surface area contributed by atoms with Gasteiger partial charge in [-0.05, 0) is 18.6 Å². The van der Waals surface area contributed by atoms with Crippen LogP contribution in [0.15, 0.2) is 5.38 Å². The molecule has 14 heavy (non-hydrogen) atoms. The number of hydrogen-bond acceptors (Lipinski definition) is 4. The lowest BCUT2D eigenvalue weighted by atomic mass is 10.2. The Hall–Kier alpha value is -0.530. The van der Waals surface area contributed by atoms with Crippen LogP contribution in [-0.4, -0.2) is 10.7 Å². The van der Waals surface area contributed by atoms with Gasteiger partial charge in [0.1, 0.15) is 5.01 Å². The molecule has 0 bridgehead atoms. The van der Waals surface area contributed by atoms with Gasteiger partial charge in [0.25, 0.3) is 0 Å². The van der Waals surface area contributed by atoms with Gasteiger partial charge in [-0.25, -0.2) is 4.98 Å². The van der Waals surface area contributed by atoms with Crippen LogP contribution in [0.1, 0.15) is 35.2 Å². The molecular weight excluding hydrogens is 212 g/mol. The topological polar surface area (TPSA) is 36.7 Å². The molecule has 1 aliphatic rings. The van der Waals surface area contributed by atoms with E-state index in [4.69, 9.17) is 5.26 Å². The highest BCUT2D eigenvalue weighted by Crippen LogP contribution is 2.39. The molecule has 2 heterocycles. The van der Waals surface area contributed by atoms with Crippen LogP contribution < -0.4 is 0 Å². The van der Waals surface area contributed by atoms with E-state index in [2.05, 4.69) is 11.1 Å². The molecule has 74 valence electrons. The Bertz CT molecular complexity index is 334. The minimum absolute atomic E-state index is 0.452. The van der Waals surface area contributed by atoms with Crippen molar-refractivity contribution in [3.05, 3.63) is 16.1 Å². The molecular formula is C10H12N2S2. The highest BCUT2D eigenvalue weighted by atomic mass is 32.2. The molecule has 0 N–H and O–H groups in total. The van der Waals surface area contributed by atoms with Crippen molar-refractivity contribution in [2.75, 3.05) is 5.75 Å². The number of thiazole rings is 1. The zero-order chi connectivity index (χ0) is 9.80. The molecule has 0 radical (unpaired) electrons. The quantitative estimate of drug-likeness (QED) is 0.774. The first kappa shape index (κ1) is 10.0. The SMILES string of the molecule is N#CCc1csc(C2CCCCS2)n1. The molecule has 0 saturated carbocycles. The predicted octanol–water partition coefficient (Wildman–Crippen LogP) is 3.17. The van der Waals surface area contributed by atoms with Gasteiger partial charge in [0.2, 0.25) is 0 Å². The van der Waals surface area contributed by atoms with Gasteiger partial charge in [-0.2, -0.15) is 17.0 Å². The van der Waals surface area contributed by atoms with Gasteiger partial charge < -0.3 is 0 Å². The Balaban J connectivity index is 2.04. The summed E-state index contributed by atoms with van der Waals surface area (Å²) in [6, 6.07) is 2.14. The summed E-state index contributed by atoms with van der Waals surface area (Å²) in [5.41, 5.74) is 0.943. The van der Waals surface area contributed by atoms with Crippen molar-refractivity contribution in [3.63, 3.8) is 0 Å². The van der Waals surface area contributed by atoms with Crippen molar-refractivity contribution in [1.82, 2.24) is 4.98 Å². The normalized spacial score (nSPS) is 21.8. The lowest BCUT2D eigenvalue weighted by molar-refractivity contribution is 0.682. The first-order chi connectivity index (χ1) is 6.90. The number of aromatic nitrogens is 1. The molecule has 1 atom stereocenters. The molecule has 0 spiro atoms. The van der Waals surface area contributed by atoms with Gasteiger partial charge in [-0.1, -0.05) is 6.42 Å². The van der Waals surface area contributed by atoms with Crippen LogP contribution in [0.4, 0.5) is 0 Å². The Morgan fingerprint density at radius 2 is 2.50 bits per heavy atom. The van der Waals surface area contributed by atoms with E-state index >= 15 is 0 Å². The number of nitrogens with zero attached hydrogens (tertiary/aromatic N) is 2. The Labute approximate surface area is 92.4 Å². The summed E-state index contributed by atoms with van der Waals surface area (Å²) in [6.07, 6.45) is 4.38. The second kappa shape index (κ2) is 4.81. The largest absolute Gasteiger partial charge is 0.244 e. The zero-order valence-corrected chi connectivity index (χ0v) is 9.53. The standard InChI is InChI=1S/C10H12N2S2/c11-5-4-8-7-14-10(12-8)9-3-1-2-6-13-9/h7,9H,1-4,6H2. The first-order valence-corrected chi connectivity index (χ1v) is 6.76. The average molecular weight is 224 g/mol. The molecule has 1 aromatic heterocycles. The lowest BCUT2D eigenvalue weighted by Crippen LogP contribution is -2.01. The van der Waals surface area contributed by atoms with Crippen LogP contribution in [0.5, 0.6) is 0 Å². The smallest absolute Gasteiger partial charge is 0.106 e. The Morgan fingerprint density at radius 3 is 3.21 bits per heavy atom. The van der Waals surface area contributed by atoms with Crippen molar-refractivity contribution in [2.45, 2.75) is 30.9 Å². The van der Waals surface area contributed by atoms with Crippen molar-refractivity contribution in [3.8, 4) is 6.07 Å². The average Bonchev–Trinajstić information content (AvgIpc) is 2.68. The number of nitriles is 1. The Morgan fingerprint density at radius 1 is 1.57 bits per heavy atom. The monoisotopic (exact) mass is 224 g/mol. The summed E-state index contributed by atoms with van der Waals surface area (Å²) < 4.78 is 0. The molecule has 1 aromatic rings. The van der Waals surface area contributed by atoms with Gasteiger partial charge in [0, 0.05) is 5.38 Å². The number of rotatable bonds is 2. The van der Waals surface area contributed by atoms with E-state index in [0.29, 0.717) is 11.7 Å². The fourth-order valence-corrected chi connectivity index (χ4v) is 3.96. The van der Waals surface area contributed by atoms with Crippen LogP contribution in [0.2, 0.25) is 0 Å². The van der Waals surface area contributed by atoms with Gasteiger partial charge in [-0.3, -0.25) is 0 Å². The van der Waals surface area contributed by atoms with E-state index in [0.717, 1.165) is 5.69 Å². The van der Waals surface area contributed by atoms with Crippen molar-refractivity contribution >= 4 is 23.1 Å². The molecule has 4 heteroatoms. The zero-order valence-electron chi connectivity index (χ0n) is 7.90. The maximum absolute atomic E-state index is 8.55. The predicted molar refractivity (Wildman–Crippen MR) is 60.5 cm³/mol. The van der Waals surface area contributed by atoms with Crippen molar-refractivity contribution < 1.29 is 0 Å². The van der Waals surface area contributed by atoms with E-state index < -0.39 is 0 Å². The maximum atomic E-state index is 8.55. The molecule has 1 unspecified atom stereocenters. The van der Waals surface area contributed by atoms with Crippen LogP contribution in [0.25, 0.3) is 0 Å². The number of hydrogen-bond donors (Lipinski definition) is 0. The minimum atomic E-state index is 0.452. The highest BCUT2D eigenvalue weighted by Gasteiger charge is 2.18. The van der Waals surface area contributed by atoms with Crippen LogP contribution >= 0.6 is 23.1 Å². The second-order valence-corrected chi connectivity index (χ2v) is 5.57. The molecule has 1 fully saturated rings.